The highest BCUT2D eigenvalue weighted by atomic mass is 19.3. The number of alkyl halides is 2. The Morgan fingerprint density at radius 1 is 1.07 bits per heavy atom. The number of anilines is 1. The minimum atomic E-state index is -2.73. The maximum absolute atomic E-state index is 13.2. The third kappa shape index (κ3) is 3.46. The van der Waals surface area contributed by atoms with Gasteiger partial charge in [0.15, 0.2) is 0 Å². The minimum Gasteiger partial charge on any atom is -0.384 e. The molecule has 0 atom stereocenters. The van der Waals surface area contributed by atoms with Crippen LogP contribution < -0.4 is 11.4 Å². The van der Waals surface area contributed by atoms with Crippen molar-refractivity contribution in [2.75, 3.05) is 5.73 Å². The van der Waals surface area contributed by atoms with Crippen molar-refractivity contribution in [1.82, 2.24) is 14.5 Å². The Balaban J connectivity index is 2.39. The zero-order valence-corrected chi connectivity index (χ0v) is 14.8. The van der Waals surface area contributed by atoms with E-state index in [-0.39, 0.29) is 17.1 Å². The Morgan fingerprint density at radius 3 is 2.33 bits per heavy atom. The van der Waals surface area contributed by atoms with Gasteiger partial charge in [0.1, 0.15) is 11.5 Å². The van der Waals surface area contributed by atoms with Crippen LogP contribution in [0.4, 0.5) is 14.6 Å². The van der Waals surface area contributed by atoms with Gasteiger partial charge in [-0.15, -0.1) is 0 Å². The number of aryl methyl sites for hydroxylation is 2. The first-order valence-corrected chi connectivity index (χ1v) is 8.13. The second-order valence-electron chi connectivity index (χ2n) is 6.13. The van der Waals surface area contributed by atoms with Crippen LogP contribution in [0.15, 0.2) is 36.4 Å². The highest BCUT2D eigenvalue weighted by molar-refractivity contribution is 5.89. The molecule has 6 nitrogen and oxygen atoms in total. The number of benzene rings is 1. The lowest BCUT2D eigenvalue weighted by Gasteiger charge is -2.16. The van der Waals surface area contributed by atoms with Gasteiger partial charge in [-0.2, -0.15) is 0 Å². The Hall–Kier alpha value is -3.42. The Morgan fingerprint density at radius 2 is 1.74 bits per heavy atom. The van der Waals surface area contributed by atoms with E-state index < -0.39 is 6.43 Å². The van der Waals surface area contributed by atoms with E-state index in [1.54, 1.807) is 13.0 Å². The molecule has 0 aliphatic carbocycles. The van der Waals surface area contributed by atoms with Gasteiger partial charge in [-0.1, -0.05) is 29.8 Å². The Labute approximate surface area is 154 Å². The summed E-state index contributed by atoms with van der Waals surface area (Å²) in [6, 6.07) is 10.3. The summed E-state index contributed by atoms with van der Waals surface area (Å²) >= 11 is 0. The number of nitrogens with two attached hydrogens (primary N) is 1. The summed E-state index contributed by atoms with van der Waals surface area (Å²) < 4.78 is 27.6. The molecule has 0 radical (unpaired) electrons. The summed E-state index contributed by atoms with van der Waals surface area (Å²) in [4.78, 5) is 8.14. The van der Waals surface area contributed by atoms with E-state index in [1.807, 2.05) is 31.2 Å². The molecule has 2 heterocycles. The quantitative estimate of drug-likeness (QED) is 0.483. The smallest absolute Gasteiger partial charge is 0.280 e. The molecular formula is C19H18F2N6. The van der Waals surface area contributed by atoms with Crippen molar-refractivity contribution < 1.29 is 8.78 Å². The van der Waals surface area contributed by atoms with Crippen molar-refractivity contribution in [3.8, 4) is 22.4 Å². The van der Waals surface area contributed by atoms with Crippen LogP contribution in [0.5, 0.6) is 0 Å². The molecule has 0 bridgehead atoms. The van der Waals surface area contributed by atoms with E-state index in [0.717, 1.165) is 16.5 Å². The highest BCUT2D eigenvalue weighted by Crippen LogP contribution is 2.35. The molecule has 3 aromatic rings. The van der Waals surface area contributed by atoms with Gasteiger partial charge in [0.25, 0.3) is 6.43 Å². The number of rotatable bonds is 4. The molecule has 4 N–H and O–H groups in total. The van der Waals surface area contributed by atoms with Crippen molar-refractivity contribution in [3.05, 3.63) is 59.0 Å². The third-order valence-corrected chi connectivity index (χ3v) is 4.14. The van der Waals surface area contributed by atoms with Crippen molar-refractivity contribution in [2.45, 2.75) is 20.3 Å². The van der Waals surface area contributed by atoms with Gasteiger partial charge in [-0.25, -0.2) is 13.8 Å². The van der Waals surface area contributed by atoms with Crippen LogP contribution >= 0.6 is 0 Å². The molecule has 8 heteroatoms. The van der Waals surface area contributed by atoms with Crippen molar-refractivity contribution in [1.29, 1.82) is 10.8 Å². The van der Waals surface area contributed by atoms with E-state index >= 15 is 0 Å². The second kappa shape index (κ2) is 7.06. The third-order valence-electron chi connectivity index (χ3n) is 4.14. The number of halogens is 2. The summed E-state index contributed by atoms with van der Waals surface area (Å²) in [6.45, 7) is 3.56. The van der Waals surface area contributed by atoms with Crippen LogP contribution in [0, 0.1) is 24.7 Å². The molecule has 27 heavy (non-hydrogen) atoms. The van der Waals surface area contributed by atoms with E-state index in [0.29, 0.717) is 28.1 Å². The van der Waals surface area contributed by atoms with Crippen LogP contribution in [-0.2, 0) is 0 Å². The number of nitrogens with zero attached hydrogens (tertiary/aromatic N) is 3. The Kier molecular flexibility index (Phi) is 4.81. The van der Waals surface area contributed by atoms with Gasteiger partial charge in [0.2, 0.25) is 5.62 Å². The average molecular weight is 368 g/mol. The fourth-order valence-corrected chi connectivity index (χ4v) is 2.86. The number of hydrogen-bond acceptors (Lipinski definition) is 5. The molecule has 0 aliphatic rings. The first-order chi connectivity index (χ1) is 12.8. The van der Waals surface area contributed by atoms with E-state index in [4.69, 9.17) is 16.6 Å². The first-order valence-electron chi connectivity index (χ1n) is 8.13. The monoisotopic (exact) mass is 368 g/mol. The fraction of sp³-hybridized carbons (Fsp3) is 0.158. The van der Waals surface area contributed by atoms with Gasteiger partial charge in [0, 0.05) is 16.8 Å². The number of nitrogen functional groups attached to an aromatic ring is 1. The molecule has 1 aromatic carbocycles. The van der Waals surface area contributed by atoms with Crippen LogP contribution in [0.1, 0.15) is 23.4 Å². The van der Waals surface area contributed by atoms with Gasteiger partial charge in [-0.3, -0.25) is 20.4 Å². The summed E-state index contributed by atoms with van der Waals surface area (Å²) in [6.07, 6.45) is -1.86. The number of nitrogens with one attached hydrogen (secondary N) is 2. The molecule has 3 rings (SSSR count). The molecule has 2 aromatic heterocycles. The molecule has 0 spiro atoms. The summed E-state index contributed by atoms with van der Waals surface area (Å²) in [5, 5.41) is 15.6. The van der Waals surface area contributed by atoms with Gasteiger partial charge in [0.05, 0.1) is 12.0 Å². The van der Waals surface area contributed by atoms with Gasteiger partial charge < -0.3 is 5.73 Å². The number of aromatic nitrogens is 3. The molecule has 0 amide bonds. The molecule has 0 saturated heterocycles. The maximum Gasteiger partial charge on any atom is 0.280 e. The molecule has 0 saturated carbocycles. The van der Waals surface area contributed by atoms with Gasteiger partial charge in [-0.05, 0) is 31.5 Å². The Bertz CT molecular complexity index is 1070. The summed E-state index contributed by atoms with van der Waals surface area (Å²) in [5.74, 6) is 0.0754. The van der Waals surface area contributed by atoms with E-state index in [1.165, 1.54) is 6.07 Å². The van der Waals surface area contributed by atoms with Gasteiger partial charge >= 0.3 is 0 Å². The van der Waals surface area contributed by atoms with Crippen LogP contribution in [0.2, 0.25) is 0 Å². The van der Waals surface area contributed by atoms with Crippen molar-refractivity contribution in [2.24, 2.45) is 0 Å². The predicted molar refractivity (Wildman–Crippen MR) is 99.8 cm³/mol. The lowest BCUT2D eigenvalue weighted by Crippen LogP contribution is -2.26. The van der Waals surface area contributed by atoms with Crippen LogP contribution in [0.3, 0.4) is 0 Å². The minimum absolute atomic E-state index is 0.0754. The number of pyridine rings is 1. The highest BCUT2D eigenvalue weighted by Gasteiger charge is 2.19. The maximum atomic E-state index is 13.2. The molecule has 138 valence electrons. The van der Waals surface area contributed by atoms with E-state index in [9.17, 15) is 8.78 Å². The topological polar surface area (TPSA) is 104 Å². The molecule has 0 aliphatic heterocycles. The predicted octanol–water partition coefficient (Wildman–Crippen LogP) is 3.68. The molecular weight excluding hydrogens is 350 g/mol. The first kappa shape index (κ1) is 18.4. The summed E-state index contributed by atoms with van der Waals surface area (Å²) in [7, 11) is 0. The second-order valence-corrected chi connectivity index (χ2v) is 6.13. The lowest BCUT2D eigenvalue weighted by atomic mass is 9.98. The SMILES string of the molecule is Cc1ccc(-c2nc(=N)n(C=N)c(N)c2-c2cc(C)nc(C(F)F)c2)cc1. The average Bonchev–Trinajstić information content (AvgIpc) is 2.61. The van der Waals surface area contributed by atoms with Crippen LogP contribution in [-0.4, -0.2) is 20.9 Å². The van der Waals surface area contributed by atoms with Crippen LogP contribution in [0.25, 0.3) is 22.4 Å². The van der Waals surface area contributed by atoms with Crippen molar-refractivity contribution >= 4 is 12.2 Å². The van der Waals surface area contributed by atoms with E-state index in [2.05, 4.69) is 9.97 Å². The molecule has 0 unspecified atom stereocenters. The zero-order valence-electron chi connectivity index (χ0n) is 14.8. The number of hydrogen-bond donors (Lipinski definition) is 3. The zero-order chi connectivity index (χ0) is 19.7. The fourth-order valence-electron chi connectivity index (χ4n) is 2.86. The van der Waals surface area contributed by atoms with Crippen molar-refractivity contribution in [3.63, 3.8) is 0 Å². The molecule has 0 fully saturated rings. The normalized spacial score (nSPS) is 11.0. The largest absolute Gasteiger partial charge is 0.384 e. The standard InChI is InChI=1S/C19H18F2N6/c1-10-3-5-12(6-4-10)16-15(18(23)27(9-22)19(24)26-16)13-7-11(2)25-14(8-13)17(20)21/h3-9,17,22,24H,23H2,1-2H3. The lowest BCUT2D eigenvalue weighted by molar-refractivity contribution is 0.146. The summed E-state index contributed by atoms with van der Waals surface area (Å²) in [5.41, 5.74) is 8.96.